The molecule has 1 aromatic rings. The fraction of sp³-hybridized carbons (Fsp3) is 0.538. The minimum atomic E-state index is -0.878. The van der Waals surface area contributed by atoms with Gasteiger partial charge in [0, 0.05) is 18.8 Å². The summed E-state index contributed by atoms with van der Waals surface area (Å²) in [7, 11) is 0. The quantitative estimate of drug-likeness (QED) is 0.528. The van der Waals surface area contributed by atoms with E-state index < -0.39 is 12.2 Å². The second kappa shape index (κ2) is 7.33. The normalized spacial score (nSPS) is 14.3. The Kier molecular flexibility index (Phi) is 6.07. The summed E-state index contributed by atoms with van der Waals surface area (Å²) in [5.41, 5.74) is 1.91. The number of nitrogens with zero attached hydrogens (tertiary/aromatic N) is 1. The predicted molar refractivity (Wildman–Crippen MR) is 69.6 cm³/mol. The molecule has 102 valence electrons. The molecule has 5 nitrogen and oxygen atoms in total. The largest absolute Gasteiger partial charge is 0.394 e. The van der Waals surface area contributed by atoms with Gasteiger partial charge < -0.3 is 25.3 Å². The van der Waals surface area contributed by atoms with E-state index >= 15 is 0 Å². The Morgan fingerprint density at radius 2 is 1.61 bits per heavy atom. The lowest BCUT2D eigenvalue weighted by Gasteiger charge is -2.28. The number of benzene rings is 1. The van der Waals surface area contributed by atoms with E-state index in [-0.39, 0.29) is 26.3 Å². The maximum Gasteiger partial charge on any atom is 0.0945 e. The molecule has 0 aromatic heterocycles. The summed E-state index contributed by atoms with van der Waals surface area (Å²) in [6.45, 7) is 1.69. The molecule has 0 saturated heterocycles. The third-order valence-corrected chi connectivity index (χ3v) is 2.65. The number of aliphatic hydroxyl groups is 4. The number of hydrogen-bond acceptors (Lipinski definition) is 5. The van der Waals surface area contributed by atoms with Crippen LogP contribution < -0.4 is 4.90 Å². The molecule has 0 radical (unpaired) electrons. The van der Waals surface area contributed by atoms with Crippen molar-refractivity contribution in [1.82, 2.24) is 0 Å². The summed E-state index contributed by atoms with van der Waals surface area (Å²) in [6.07, 6.45) is -1.76. The summed E-state index contributed by atoms with van der Waals surface area (Å²) in [5, 5.41) is 36.8. The molecule has 0 bridgehead atoms. The predicted octanol–water partition coefficient (Wildman–Crippen LogP) is -0.492. The van der Waals surface area contributed by atoms with Gasteiger partial charge in [-0.3, -0.25) is 0 Å². The lowest BCUT2D eigenvalue weighted by Crippen LogP contribution is -2.40. The summed E-state index contributed by atoms with van der Waals surface area (Å²) in [4.78, 5) is 1.74. The SMILES string of the molecule is Cc1cccc(N(CC(O)CO)CC(O)CO)c1. The maximum absolute atomic E-state index is 9.51. The van der Waals surface area contributed by atoms with Crippen LogP contribution in [0.15, 0.2) is 24.3 Å². The number of aliphatic hydroxyl groups excluding tert-OH is 4. The van der Waals surface area contributed by atoms with Crippen LogP contribution in [0.5, 0.6) is 0 Å². The highest BCUT2D eigenvalue weighted by molar-refractivity contribution is 5.48. The van der Waals surface area contributed by atoms with E-state index in [1.165, 1.54) is 0 Å². The summed E-state index contributed by atoms with van der Waals surface area (Å²) < 4.78 is 0. The van der Waals surface area contributed by atoms with Crippen LogP contribution in [0.25, 0.3) is 0 Å². The van der Waals surface area contributed by atoms with Crippen molar-refractivity contribution in [3.63, 3.8) is 0 Å². The van der Waals surface area contributed by atoms with Gasteiger partial charge in [0.25, 0.3) is 0 Å². The van der Waals surface area contributed by atoms with Crippen molar-refractivity contribution in [3.8, 4) is 0 Å². The Hall–Kier alpha value is -1.14. The van der Waals surface area contributed by atoms with Crippen molar-refractivity contribution < 1.29 is 20.4 Å². The molecule has 0 amide bonds. The number of hydrogen-bond donors (Lipinski definition) is 4. The summed E-state index contributed by atoms with van der Waals surface area (Å²) in [6, 6.07) is 7.62. The zero-order valence-electron chi connectivity index (χ0n) is 10.5. The zero-order chi connectivity index (χ0) is 13.5. The first-order valence-corrected chi connectivity index (χ1v) is 5.96. The molecular formula is C13H21NO4. The van der Waals surface area contributed by atoms with E-state index in [4.69, 9.17) is 10.2 Å². The van der Waals surface area contributed by atoms with Crippen LogP contribution in [-0.2, 0) is 0 Å². The zero-order valence-corrected chi connectivity index (χ0v) is 10.5. The monoisotopic (exact) mass is 255 g/mol. The first-order valence-electron chi connectivity index (χ1n) is 5.96. The Morgan fingerprint density at radius 1 is 1.06 bits per heavy atom. The van der Waals surface area contributed by atoms with E-state index in [1.807, 2.05) is 31.2 Å². The van der Waals surface area contributed by atoms with E-state index in [0.717, 1.165) is 11.3 Å². The van der Waals surface area contributed by atoms with Crippen LogP contribution >= 0.6 is 0 Å². The van der Waals surface area contributed by atoms with Crippen molar-refractivity contribution >= 4 is 5.69 Å². The van der Waals surface area contributed by atoms with Gasteiger partial charge in [0.2, 0.25) is 0 Å². The van der Waals surface area contributed by atoms with E-state index in [1.54, 1.807) is 4.90 Å². The molecule has 0 aliphatic carbocycles. The Bertz CT molecular complexity index is 347. The van der Waals surface area contributed by atoms with E-state index in [2.05, 4.69) is 0 Å². The highest BCUT2D eigenvalue weighted by atomic mass is 16.3. The lowest BCUT2D eigenvalue weighted by atomic mass is 10.2. The van der Waals surface area contributed by atoms with Crippen molar-refractivity contribution in [1.29, 1.82) is 0 Å². The second-order valence-electron chi connectivity index (χ2n) is 4.42. The molecule has 18 heavy (non-hydrogen) atoms. The fourth-order valence-electron chi connectivity index (χ4n) is 1.73. The first-order chi connectivity index (χ1) is 8.56. The molecule has 0 aliphatic rings. The summed E-state index contributed by atoms with van der Waals surface area (Å²) >= 11 is 0. The molecule has 0 saturated carbocycles. The maximum atomic E-state index is 9.51. The van der Waals surface area contributed by atoms with Gasteiger partial charge in [-0.25, -0.2) is 0 Å². The topological polar surface area (TPSA) is 84.2 Å². The number of anilines is 1. The minimum Gasteiger partial charge on any atom is -0.394 e. The van der Waals surface area contributed by atoms with Gasteiger partial charge in [-0.2, -0.15) is 0 Å². The Morgan fingerprint density at radius 3 is 2.06 bits per heavy atom. The van der Waals surface area contributed by atoms with Crippen molar-refractivity contribution in [2.24, 2.45) is 0 Å². The fourth-order valence-corrected chi connectivity index (χ4v) is 1.73. The molecule has 0 aliphatic heterocycles. The van der Waals surface area contributed by atoms with Gasteiger partial charge >= 0.3 is 0 Å². The van der Waals surface area contributed by atoms with Crippen molar-refractivity contribution in [2.45, 2.75) is 19.1 Å². The Labute approximate surface area is 107 Å². The van der Waals surface area contributed by atoms with Crippen LogP contribution in [0.3, 0.4) is 0 Å². The summed E-state index contributed by atoms with van der Waals surface area (Å²) in [5.74, 6) is 0. The molecule has 0 spiro atoms. The smallest absolute Gasteiger partial charge is 0.0945 e. The van der Waals surface area contributed by atoms with E-state index in [9.17, 15) is 10.2 Å². The van der Waals surface area contributed by atoms with E-state index in [0.29, 0.717) is 0 Å². The van der Waals surface area contributed by atoms with Gasteiger partial charge in [-0.05, 0) is 24.6 Å². The molecule has 1 rings (SSSR count). The average molecular weight is 255 g/mol. The van der Waals surface area contributed by atoms with Crippen molar-refractivity contribution in [2.75, 3.05) is 31.2 Å². The molecule has 0 heterocycles. The minimum absolute atomic E-state index is 0.205. The third-order valence-electron chi connectivity index (χ3n) is 2.65. The van der Waals surface area contributed by atoms with Crippen LogP contribution in [0.1, 0.15) is 5.56 Å². The number of rotatable bonds is 7. The van der Waals surface area contributed by atoms with Gasteiger partial charge in [-0.15, -0.1) is 0 Å². The average Bonchev–Trinajstić information content (AvgIpc) is 2.37. The molecule has 5 heteroatoms. The van der Waals surface area contributed by atoms with Crippen molar-refractivity contribution in [3.05, 3.63) is 29.8 Å². The number of aryl methyl sites for hydroxylation is 1. The highest BCUT2D eigenvalue weighted by Crippen LogP contribution is 2.16. The van der Waals surface area contributed by atoms with Gasteiger partial charge in [0.15, 0.2) is 0 Å². The molecule has 4 N–H and O–H groups in total. The van der Waals surface area contributed by atoms with Gasteiger partial charge in [-0.1, -0.05) is 12.1 Å². The lowest BCUT2D eigenvalue weighted by molar-refractivity contribution is 0.0839. The standard InChI is InChI=1S/C13H21NO4/c1-10-3-2-4-11(5-10)14(6-12(17)8-15)7-13(18)9-16/h2-5,12-13,15-18H,6-9H2,1H3. The molecule has 1 aromatic carbocycles. The van der Waals surface area contributed by atoms with Gasteiger partial charge in [0.1, 0.15) is 0 Å². The third kappa shape index (κ3) is 4.62. The Balaban J connectivity index is 2.82. The molecule has 0 fully saturated rings. The highest BCUT2D eigenvalue weighted by Gasteiger charge is 2.15. The van der Waals surface area contributed by atoms with Crippen LogP contribution in [0.4, 0.5) is 5.69 Å². The first kappa shape index (κ1) is 14.9. The molecule has 2 unspecified atom stereocenters. The molecular weight excluding hydrogens is 234 g/mol. The van der Waals surface area contributed by atoms with Crippen LogP contribution in [-0.4, -0.2) is 58.9 Å². The van der Waals surface area contributed by atoms with Gasteiger partial charge in [0.05, 0.1) is 25.4 Å². The van der Waals surface area contributed by atoms with Crippen LogP contribution in [0, 0.1) is 6.92 Å². The van der Waals surface area contributed by atoms with Crippen LogP contribution in [0.2, 0.25) is 0 Å². The molecule has 2 atom stereocenters. The second-order valence-corrected chi connectivity index (χ2v) is 4.42.